The summed E-state index contributed by atoms with van der Waals surface area (Å²) < 4.78 is 15.1. The smallest absolute Gasteiger partial charge is 0.153 e. The van der Waals surface area contributed by atoms with Gasteiger partial charge >= 0.3 is 0 Å². The van der Waals surface area contributed by atoms with Gasteiger partial charge in [-0.05, 0) is 18.9 Å². The van der Waals surface area contributed by atoms with Gasteiger partial charge in [-0.3, -0.25) is 14.5 Å². The molecule has 19 heavy (non-hydrogen) atoms. The third-order valence-electron chi connectivity index (χ3n) is 3.56. The summed E-state index contributed by atoms with van der Waals surface area (Å²) in [7, 11) is 0. The van der Waals surface area contributed by atoms with Gasteiger partial charge in [0.25, 0.3) is 0 Å². The Kier molecular flexibility index (Phi) is 3.11. The Morgan fingerprint density at radius 2 is 2.11 bits per heavy atom. The van der Waals surface area contributed by atoms with Gasteiger partial charge in [0.15, 0.2) is 6.29 Å². The Bertz CT molecular complexity index is 602. The van der Waals surface area contributed by atoms with Crippen molar-refractivity contribution in [2.75, 3.05) is 0 Å². The van der Waals surface area contributed by atoms with Crippen LogP contribution in [0.5, 0.6) is 0 Å². The van der Waals surface area contributed by atoms with Crippen molar-refractivity contribution in [2.24, 2.45) is 0 Å². The molecule has 0 bridgehead atoms. The van der Waals surface area contributed by atoms with Crippen molar-refractivity contribution >= 4 is 6.29 Å². The highest BCUT2D eigenvalue weighted by Crippen LogP contribution is 2.31. The van der Waals surface area contributed by atoms with E-state index in [1.165, 1.54) is 25.1 Å². The van der Waals surface area contributed by atoms with Crippen molar-refractivity contribution in [2.45, 2.75) is 31.7 Å². The maximum atomic E-state index is 13.2. The lowest BCUT2D eigenvalue weighted by molar-refractivity contribution is 0.112. The molecule has 2 aromatic heterocycles. The Labute approximate surface area is 110 Å². The molecule has 3 rings (SSSR count). The minimum atomic E-state index is -0.426. The highest BCUT2D eigenvalue weighted by atomic mass is 19.1. The fraction of sp³-hybridized carbons (Fsp3) is 0.357. The standard InChI is InChI=1S/C14H14FN3O/c15-12-5-10(6-16-7-12)14-11(9-19)8-18(17-14)13-3-1-2-4-13/h5-9,13H,1-4H2. The van der Waals surface area contributed by atoms with Crippen molar-refractivity contribution in [1.82, 2.24) is 14.8 Å². The highest BCUT2D eigenvalue weighted by Gasteiger charge is 2.20. The monoisotopic (exact) mass is 259 g/mol. The molecule has 2 aromatic rings. The van der Waals surface area contributed by atoms with Crippen LogP contribution >= 0.6 is 0 Å². The third-order valence-corrected chi connectivity index (χ3v) is 3.56. The average Bonchev–Trinajstić information content (AvgIpc) is 3.07. The molecule has 1 aliphatic rings. The summed E-state index contributed by atoms with van der Waals surface area (Å²) in [5.41, 5.74) is 1.53. The molecule has 0 radical (unpaired) electrons. The van der Waals surface area contributed by atoms with Gasteiger partial charge in [-0.25, -0.2) is 4.39 Å². The molecule has 0 amide bonds. The minimum Gasteiger partial charge on any atom is -0.298 e. The average molecular weight is 259 g/mol. The number of carbonyl (C=O) groups excluding carboxylic acids is 1. The van der Waals surface area contributed by atoms with E-state index in [2.05, 4.69) is 10.1 Å². The predicted octanol–water partition coefficient (Wildman–Crippen LogP) is 3.01. The minimum absolute atomic E-state index is 0.356. The number of carbonyl (C=O) groups is 1. The fourth-order valence-electron chi connectivity index (χ4n) is 2.61. The summed E-state index contributed by atoms with van der Waals surface area (Å²) in [6.45, 7) is 0. The topological polar surface area (TPSA) is 47.8 Å². The molecule has 0 atom stereocenters. The molecule has 0 N–H and O–H groups in total. The quantitative estimate of drug-likeness (QED) is 0.796. The van der Waals surface area contributed by atoms with Crippen molar-refractivity contribution < 1.29 is 9.18 Å². The number of rotatable bonds is 3. The molecule has 4 nitrogen and oxygen atoms in total. The summed E-state index contributed by atoms with van der Waals surface area (Å²) >= 11 is 0. The molecule has 0 spiro atoms. The van der Waals surface area contributed by atoms with Crippen LogP contribution in [0.4, 0.5) is 4.39 Å². The summed E-state index contributed by atoms with van der Waals surface area (Å²) in [6.07, 6.45) is 9.73. The lowest BCUT2D eigenvalue weighted by Gasteiger charge is -2.08. The van der Waals surface area contributed by atoms with Gasteiger partial charge in [0, 0.05) is 18.0 Å². The second-order valence-corrected chi connectivity index (χ2v) is 4.86. The third kappa shape index (κ3) is 2.28. The van der Waals surface area contributed by atoms with E-state index in [-0.39, 0.29) is 0 Å². The predicted molar refractivity (Wildman–Crippen MR) is 68.3 cm³/mol. The number of hydrogen-bond acceptors (Lipinski definition) is 3. The lowest BCUT2D eigenvalue weighted by Crippen LogP contribution is -2.04. The zero-order chi connectivity index (χ0) is 13.2. The second kappa shape index (κ2) is 4.91. The molecule has 0 aromatic carbocycles. The molecule has 98 valence electrons. The van der Waals surface area contributed by atoms with Crippen LogP contribution in [-0.2, 0) is 0 Å². The number of aromatic nitrogens is 3. The van der Waals surface area contributed by atoms with Gasteiger partial charge in [-0.1, -0.05) is 12.8 Å². The molecular weight excluding hydrogens is 245 g/mol. The van der Waals surface area contributed by atoms with Crippen LogP contribution in [0.2, 0.25) is 0 Å². The molecule has 1 aliphatic carbocycles. The maximum absolute atomic E-state index is 13.2. The van der Waals surface area contributed by atoms with Crippen LogP contribution in [0.3, 0.4) is 0 Å². The van der Waals surface area contributed by atoms with Crippen LogP contribution in [-0.4, -0.2) is 21.1 Å². The van der Waals surface area contributed by atoms with E-state index >= 15 is 0 Å². The SMILES string of the molecule is O=Cc1cn(C2CCCC2)nc1-c1cncc(F)c1. The Balaban J connectivity index is 2.02. The second-order valence-electron chi connectivity index (χ2n) is 4.86. The normalized spacial score (nSPS) is 15.8. The van der Waals surface area contributed by atoms with Gasteiger partial charge in [0.1, 0.15) is 11.5 Å². The number of pyridine rings is 1. The first-order valence-electron chi connectivity index (χ1n) is 6.43. The molecule has 0 unspecified atom stereocenters. The summed E-state index contributed by atoms with van der Waals surface area (Å²) in [6, 6.07) is 1.70. The number of aldehydes is 1. The van der Waals surface area contributed by atoms with Crippen molar-refractivity contribution in [3.05, 3.63) is 36.0 Å². The van der Waals surface area contributed by atoms with Crippen LogP contribution in [0.15, 0.2) is 24.7 Å². The zero-order valence-electron chi connectivity index (χ0n) is 10.4. The van der Waals surface area contributed by atoms with Crippen molar-refractivity contribution in [3.8, 4) is 11.3 Å². The molecular formula is C14H14FN3O. The van der Waals surface area contributed by atoms with E-state index in [0.717, 1.165) is 25.3 Å². The molecule has 1 saturated carbocycles. The molecule has 0 aliphatic heterocycles. The summed E-state index contributed by atoms with van der Waals surface area (Å²) in [5, 5.41) is 4.45. The van der Waals surface area contributed by atoms with Gasteiger partial charge in [-0.15, -0.1) is 0 Å². The molecule has 5 heteroatoms. The molecule has 1 fully saturated rings. The van der Waals surface area contributed by atoms with Crippen LogP contribution in [0.25, 0.3) is 11.3 Å². The van der Waals surface area contributed by atoms with Gasteiger partial charge in [-0.2, -0.15) is 5.10 Å². The van der Waals surface area contributed by atoms with Gasteiger partial charge in [0.05, 0.1) is 17.8 Å². The largest absolute Gasteiger partial charge is 0.298 e. The van der Waals surface area contributed by atoms with E-state index in [9.17, 15) is 9.18 Å². The first-order valence-corrected chi connectivity index (χ1v) is 6.43. The number of halogens is 1. The fourth-order valence-corrected chi connectivity index (χ4v) is 2.61. The Hall–Kier alpha value is -2.04. The van der Waals surface area contributed by atoms with E-state index < -0.39 is 5.82 Å². The first kappa shape index (κ1) is 12.0. The maximum Gasteiger partial charge on any atom is 0.153 e. The van der Waals surface area contributed by atoms with Gasteiger partial charge < -0.3 is 0 Å². The molecule has 2 heterocycles. The zero-order valence-corrected chi connectivity index (χ0v) is 10.4. The Morgan fingerprint density at radius 3 is 2.79 bits per heavy atom. The van der Waals surface area contributed by atoms with Gasteiger partial charge in [0.2, 0.25) is 0 Å². The van der Waals surface area contributed by atoms with Crippen LogP contribution in [0.1, 0.15) is 42.1 Å². The lowest BCUT2D eigenvalue weighted by atomic mass is 10.1. The van der Waals surface area contributed by atoms with E-state index in [1.807, 2.05) is 4.68 Å². The first-order chi connectivity index (χ1) is 9.28. The van der Waals surface area contributed by atoms with E-state index in [0.29, 0.717) is 22.9 Å². The highest BCUT2D eigenvalue weighted by molar-refractivity contribution is 5.85. The number of nitrogens with zero attached hydrogens (tertiary/aromatic N) is 3. The summed E-state index contributed by atoms with van der Waals surface area (Å²) in [5.74, 6) is -0.426. The number of hydrogen-bond donors (Lipinski definition) is 0. The van der Waals surface area contributed by atoms with Crippen LogP contribution < -0.4 is 0 Å². The summed E-state index contributed by atoms with van der Waals surface area (Å²) in [4.78, 5) is 14.9. The van der Waals surface area contributed by atoms with Crippen molar-refractivity contribution in [1.29, 1.82) is 0 Å². The van der Waals surface area contributed by atoms with E-state index in [4.69, 9.17) is 0 Å². The van der Waals surface area contributed by atoms with E-state index in [1.54, 1.807) is 6.20 Å². The van der Waals surface area contributed by atoms with Crippen molar-refractivity contribution in [3.63, 3.8) is 0 Å². The molecule has 0 saturated heterocycles. The van der Waals surface area contributed by atoms with Crippen LogP contribution in [0, 0.1) is 5.82 Å². The Morgan fingerprint density at radius 1 is 1.32 bits per heavy atom.